The van der Waals surface area contributed by atoms with Crippen molar-refractivity contribution in [3.8, 4) is 22.5 Å². The van der Waals surface area contributed by atoms with Gasteiger partial charge in [0.05, 0.1) is 18.3 Å². The number of nitrogens with two attached hydrogens (primary N) is 1. The van der Waals surface area contributed by atoms with Crippen LogP contribution in [0.4, 0.5) is 5.82 Å². The molecule has 3 heterocycles. The second kappa shape index (κ2) is 10.4. The van der Waals surface area contributed by atoms with E-state index in [4.69, 9.17) is 20.4 Å². The number of hydrogen-bond donors (Lipinski definition) is 2. The largest absolute Gasteiger partial charge is 0.404 e. The van der Waals surface area contributed by atoms with Crippen LogP contribution < -0.4 is 11.1 Å². The number of allylic oxidation sites excluding steroid dienone is 1. The smallest absolute Gasteiger partial charge is 0.161 e. The van der Waals surface area contributed by atoms with Gasteiger partial charge in [0.1, 0.15) is 5.82 Å². The van der Waals surface area contributed by atoms with Gasteiger partial charge in [-0.2, -0.15) is 5.10 Å². The van der Waals surface area contributed by atoms with E-state index in [0.717, 1.165) is 59.5 Å². The minimum absolute atomic E-state index is 0.0987. The Balaban J connectivity index is 1.74. The van der Waals surface area contributed by atoms with Crippen LogP contribution >= 0.6 is 0 Å². The maximum Gasteiger partial charge on any atom is 0.161 e. The summed E-state index contributed by atoms with van der Waals surface area (Å²) in [6.45, 7) is 2.92. The number of hydrogen-bond acceptors (Lipinski definition) is 7. The second-order valence-corrected chi connectivity index (χ2v) is 8.27. The van der Waals surface area contributed by atoms with E-state index in [9.17, 15) is 0 Å². The monoisotopic (exact) mass is 445 g/mol. The van der Waals surface area contributed by atoms with Gasteiger partial charge in [-0.25, -0.2) is 9.97 Å². The SMILES string of the molecule is CN=CC(=CN)c1cccc(-c2ncc(-c3cnn(C)c3)c(N[C@H]3CCCCO[C@@H]3C)n2)c1. The summed E-state index contributed by atoms with van der Waals surface area (Å²) in [7, 11) is 3.63. The average molecular weight is 446 g/mol. The number of aryl methyl sites for hydroxylation is 1. The molecule has 0 spiro atoms. The van der Waals surface area contributed by atoms with Crippen LogP contribution in [0.1, 0.15) is 31.7 Å². The highest BCUT2D eigenvalue weighted by Gasteiger charge is 2.23. The van der Waals surface area contributed by atoms with Gasteiger partial charge in [-0.1, -0.05) is 18.2 Å². The molecule has 1 aromatic carbocycles. The molecule has 3 N–H and O–H groups in total. The minimum Gasteiger partial charge on any atom is -0.404 e. The van der Waals surface area contributed by atoms with Gasteiger partial charge in [0, 0.05) is 67.8 Å². The topological polar surface area (TPSA) is 103 Å². The Labute approximate surface area is 194 Å². The van der Waals surface area contributed by atoms with Gasteiger partial charge in [0.15, 0.2) is 5.82 Å². The van der Waals surface area contributed by atoms with Crippen LogP contribution in [0, 0.1) is 0 Å². The average Bonchev–Trinajstić information content (AvgIpc) is 3.16. The minimum atomic E-state index is 0.0987. The van der Waals surface area contributed by atoms with Crippen molar-refractivity contribution in [3.05, 3.63) is 54.6 Å². The van der Waals surface area contributed by atoms with Gasteiger partial charge in [0.25, 0.3) is 0 Å². The molecular weight excluding hydrogens is 414 g/mol. The summed E-state index contributed by atoms with van der Waals surface area (Å²) in [5.41, 5.74) is 10.4. The fourth-order valence-electron chi connectivity index (χ4n) is 4.04. The predicted octanol–water partition coefficient (Wildman–Crippen LogP) is 3.91. The van der Waals surface area contributed by atoms with E-state index in [-0.39, 0.29) is 12.1 Å². The standard InChI is InChI=1S/C25H31N7O/c1-17-23(9-4-5-10-33-17)30-25-22(21-14-29-32(3)16-21)15-28-24(31-25)19-8-6-7-18(11-19)20(12-26)13-27-2/h6-8,11-17,23H,4-5,9-10,26H2,1-3H3,(H,28,30,31)/t17-,23+/m1/s1. The van der Waals surface area contributed by atoms with E-state index < -0.39 is 0 Å². The number of nitrogens with one attached hydrogen (secondary N) is 1. The Morgan fingerprint density at radius 2 is 2.15 bits per heavy atom. The molecule has 0 amide bonds. The summed E-state index contributed by atoms with van der Waals surface area (Å²) < 4.78 is 7.76. The molecule has 1 aliphatic rings. The van der Waals surface area contributed by atoms with E-state index in [1.54, 1.807) is 24.1 Å². The fourth-order valence-corrected chi connectivity index (χ4v) is 4.04. The Kier molecular flexibility index (Phi) is 7.14. The number of benzene rings is 1. The van der Waals surface area contributed by atoms with Crippen molar-refractivity contribution in [3.63, 3.8) is 0 Å². The molecule has 2 atom stereocenters. The molecule has 0 saturated carbocycles. The molecular formula is C25H31N7O. The van der Waals surface area contributed by atoms with E-state index in [0.29, 0.717) is 5.82 Å². The van der Waals surface area contributed by atoms with E-state index in [1.807, 2.05) is 49.9 Å². The molecule has 172 valence electrons. The highest BCUT2D eigenvalue weighted by Crippen LogP contribution is 2.30. The molecule has 3 aromatic rings. The first-order chi connectivity index (χ1) is 16.1. The van der Waals surface area contributed by atoms with Gasteiger partial charge in [0.2, 0.25) is 0 Å². The molecule has 0 radical (unpaired) electrons. The zero-order valence-electron chi connectivity index (χ0n) is 19.4. The third-order valence-electron chi connectivity index (χ3n) is 5.89. The molecule has 1 saturated heterocycles. The molecule has 0 aliphatic carbocycles. The van der Waals surface area contributed by atoms with E-state index in [1.165, 1.54) is 0 Å². The van der Waals surface area contributed by atoms with Crippen molar-refractivity contribution in [1.82, 2.24) is 19.7 Å². The van der Waals surface area contributed by atoms with Crippen LogP contribution in [0.2, 0.25) is 0 Å². The number of ether oxygens (including phenoxy) is 1. The third kappa shape index (κ3) is 5.28. The number of nitrogens with zero attached hydrogens (tertiary/aromatic N) is 5. The maximum atomic E-state index is 5.98. The van der Waals surface area contributed by atoms with Crippen molar-refractivity contribution in [2.24, 2.45) is 17.8 Å². The fraction of sp³-hybridized carbons (Fsp3) is 0.360. The Morgan fingerprint density at radius 1 is 1.27 bits per heavy atom. The highest BCUT2D eigenvalue weighted by molar-refractivity contribution is 6.09. The van der Waals surface area contributed by atoms with Crippen LogP contribution in [0.25, 0.3) is 28.1 Å². The van der Waals surface area contributed by atoms with Gasteiger partial charge in [-0.05, 0) is 37.8 Å². The first-order valence-electron chi connectivity index (χ1n) is 11.3. The summed E-state index contributed by atoms with van der Waals surface area (Å²) in [4.78, 5) is 13.7. The molecule has 0 bridgehead atoms. The summed E-state index contributed by atoms with van der Waals surface area (Å²) >= 11 is 0. The lowest BCUT2D eigenvalue weighted by Crippen LogP contribution is -2.32. The Bertz CT molecular complexity index is 1150. The van der Waals surface area contributed by atoms with E-state index in [2.05, 4.69) is 22.3 Å². The molecule has 2 aromatic heterocycles. The van der Waals surface area contributed by atoms with Gasteiger partial charge >= 0.3 is 0 Å². The van der Waals surface area contributed by atoms with Gasteiger partial charge < -0.3 is 15.8 Å². The molecule has 1 aliphatic heterocycles. The van der Waals surface area contributed by atoms with Crippen LogP contribution in [0.3, 0.4) is 0 Å². The maximum absolute atomic E-state index is 5.98. The van der Waals surface area contributed by atoms with Crippen molar-refractivity contribution in [1.29, 1.82) is 0 Å². The zero-order valence-corrected chi connectivity index (χ0v) is 19.4. The summed E-state index contributed by atoms with van der Waals surface area (Å²) in [6, 6.07) is 8.17. The normalized spacial score (nSPS) is 19.5. The van der Waals surface area contributed by atoms with Gasteiger partial charge in [-0.3, -0.25) is 9.67 Å². The summed E-state index contributed by atoms with van der Waals surface area (Å²) in [5, 5.41) is 7.99. The lowest BCUT2D eigenvalue weighted by atomic mass is 10.0. The molecule has 8 nitrogen and oxygen atoms in total. The number of rotatable bonds is 6. The summed E-state index contributed by atoms with van der Waals surface area (Å²) in [5.74, 6) is 1.42. The van der Waals surface area contributed by atoms with Gasteiger partial charge in [-0.15, -0.1) is 0 Å². The Morgan fingerprint density at radius 3 is 2.91 bits per heavy atom. The molecule has 8 heteroatoms. The van der Waals surface area contributed by atoms with Crippen LogP contribution in [-0.4, -0.2) is 51.8 Å². The molecule has 4 rings (SSSR count). The predicted molar refractivity (Wildman–Crippen MR) is 133 cm³/mol. The first kappa shape index (κ1) is 22.7. The lowest BCUT2D eigenvalue weighted by Gasteiger charge is -2.24. The van der Waals surface area contributed by atoms with Crippen molar-refractivity contribution in [2.45, 2.75) is 38.3 Å². The van der Waals surface area contributed by atoms with Crippen LogP contribution in [0.5, 0.6) is 0 Å². The molecule has 1 fully saturated rings. The van der Waals surface area contributed by atoms with E-state index >= 15 is 0 Å². The van der Waals surface area contributed by atoms with Crippen molar-refractivity contribution in [2.75, 3.05) is 19.0 Å². The lowest BCUT2D eigenvalue weighted by molar-refractivity contribution is 0.0651. The molecule has 33 heavy (non-hydrogen) atoms. The second-order valence-electron chi connectivity index (χ2n) is 8.27. The number of anilines is 1. The van der Waals surface area contributed by atoms with Crippen LogP contribution in [-0.2, 0) is 11.8 Å². The van der Waals surface area contributed by atoms with Crippen LogP contribution in [0.15, 0.2) is 54.0 Å². The Hall–Kier alpha value is -3.52. The molecule has 0 unspecified atom stereocenters. The van der Waals surface area contributed by atoms with Crippen molar-refractivity contribution >= 4 is 17.6 Å². The first-order valence-corrected chi connectivity index (χ1v) is 11.3. The quantitative estimate of drug-likeness (QED) is 0.558. The zero-order chi connectivity index (χ0) is 23.2. The number of aromatic nitrogens is 4. The third-order valence-corrected chi connectivity index (χ3v) is 5.89. The number of aliphatic imine (C=N–C) groups is 1. The highest BCUT2D eigenvalue weighted by atomic mass is 16.5. The summed E-state index contributed by atoms with van der Waals surface area (Å²) in [6.07, 6.45) is 12.3. The van der Waals surface area contributed by atoms with Crippen molar-refractivity contribution < 1.29 is 4.74 Å².